The summed E-state index contributed by atoms with van der Waals surface area (Å²) in [5.74, 6) is 6.97. The summed E-state index contributed by atoms with van der Waals surface area (Å²) < 4.78 is 5.07. The summed E-state index contributed by atoms with van der Waals surface area (Å²) in [6.07, 6.45) is 0. The molecule has 3 heteroatoms. The molecule has 1 aromatic heterocycles. The number of nitrogens with zero attached hydrogens (tertiary/aromatic N) is 1. The van der Waals surface area contributed by atoms with Crippen LogP contribution < -0.4 is 5.32 Å². The molecule has 0 aliphatic rings. The first-order valence-corrected chi connectivity index (χ1v) is 5.51. The molecule has 2 aromatic rings. The van der Waals surface area contributed by atoms with Crippen LogP contribution in [0.4, 0.5) is 0 Å². The third-order valence-electron chi connectivity index (χ3n) is 2.20. The Bertz CT molecular complexity index is 520. The summed E-state index contributed by atoms with van der Waals surface area (Å²) in [6.45, 7) is 3.20. The predicted octanol–water partition coefficient (Wildman–Crippen LogP) is 2.12. The molecule has 0 spiro atoms. The van der Waals surface area contributed by atoms with Crippen LogP contribution in [-0.2, 0) is 6.54 Å². The lowest BCUT2D eigenvalue weighted by molar-refractivity contribution is 0.372. The van der Waals surface area contributed by atoms with Crippen LogP contribution in [-0.4, -0.2) is 11.7 Å². The molecule has 0 atom stereocenters. The van der Waals surface area contributed by atoms with Crippen LogP contribution in [0.25, 0.3) is 0 Å². The second kappa shape index (κ2) is 5.88. The van der Waals surface area contributed by atoms with E-state index in [0.29, 0.717) is 13.1 Å². The molecule has 86 valence electrons. The molecule has 0 bridgehead atoms. The monoisotopic (exact) mass is 226 g/mol. The standard InChI is InChI=1S/C14H14N2O/c1-12-10-14(17-16-12)11-15-9-5-8-13-6-3-2-4-7-13/h2-4,6-7,10,15H,9,11H2,1H3. The molecule has 3 nitrogen and oxygen atoms in total. The van der Waals surface area contributed by atoms with E-state index < -0.39 is 0 Å². The Kier molecular flexibility index (Phi) is 3.95. The molecule has 0 unspecified atom stereocenters. The lowest BCUT2D eigenvalue weighted by Crippen LogP contribution is -2.12. The zero-order valence-corrected chi connectivity index (χ0v) is 9.73. The fraction of sp³-hybridized carbons (Fsp3) is 0.214. The normalized spacial score (nSPS) is 9.71. The minimum Gasteiger partial charge on any atom is -0.360 e. The molecular weight excluding hydrogens is 212 g/mol. The van der Waals surface area contributed by atoms with Crippen molar-refractivity contribution in [3.8, 4) is 11.8 Å². The SMILES string of the molecule is Cc1cc(CNCC#Cc2ccccc2)on1. The highest BCUT2D eigenvalue weighted by Gasteiger charge is 1.97. The first-order valence-electron chi connectivity index (χ1n) is 5.51. The van der Waals surface area contributed by atoms with Gasteiger partial charge >= 0.3 is 0 Å². The second-order valence-corrected chi connectivity index (χ2v) is 3.71. The Morgan fingerprint density at radius 3 is 2.82 bits per heavy atom. The van der Waals surface area contributed by atoms with Gasteiger partial charge in [-0.15, -0.1) is 0 Å². The van der Waals surface area contributed by atoms with Crippen LogP contribution in [0.3, 0.4) is 0 Å². The fourth-order valence-electron chi connectivity index (χ4n) is 1.42. The minimum atomic E-state index is 0.634. The van der Waals surface area contributed by atoms with Crippen LogP contribution >= 0.6 is 0 Å². The van der Waals surface area contributed by atoms with Crippen LogP contribution in [0, 0.1) is 18.8 Å². The van der Waals surface area contributed by atoms with Gasteiger partial charge in [0.05, 0.1) is 18.8 Å². The van der Waals surface area contributed by atoms with E-state index in [2.05, 4.69) is 22.3 Å². The molecule has 2 rings (SSSR count). The van der Waals surface area contributed by atoms with Crippen LogP contribution in [0.15, 0.2) is 40.9 Å². The molecule has 1 N–H and O–H groups in total. The maximum absolute atomic E-state index is 5.07. The lowest BCUT2D eigenvalue weighted by atomic mass is 10.2. The Balaban J connectivity index is 1.75. The van der Waals surface area contributed by atoms with Gasteiger partial charge in [0, 0.05) is 11.6 Å². The van der Waals surface area contributed by atoms with Crippen molar-refractivity contribution in [1.29, 1.82) is 0 Å². The average molecular weight is 226 g/mol. The van der Waals surface area contributed by atoms with Gasteiger partial charge in [0.25, 0.3) is 0 Å². The minimum absolute atomic E-state index is 0.634. The number of rotatable bonds is 3. The Morgan fingerprint density at radius 1 is 1.29 bits per heavy atom. The molecule has 0 saturated carbocycles. The molecular formula is C14H14N2O. The van der Waals surface area contributed by atoms with E-state index >= 15 is 0 Å². The van der Waals surface area contributed by atoms with E-state index in [0.717, 1.165) is 17.0 Å². The Labute approximate surface area is 101 Å². The topological polar surface area (TPSA) is 38.1 Å². The number of hydrogen-bond acceptors (Lipinski definition) is 3. The molecule has 17 heavy (non-hydrogen) atoms. The Morgan fingerprint density at radius 2 is 2.12 bits per heavy atom. The quantitative estimate of drug-likeness (QED) is 0.643. The maximum atomic E-state index is 5.07. The number of nitrogens with one attached hydrogen (secondary N) is 1. The molecule has 0 radical (unpaired) electrons. The molecule has 0 fully saturated rings. The first kappa shape index (κ1) is 11.4. The third kappa shape index (κ3) is 3.78. The highest BCUT2D eigenvalue weighted by molar-refractivity contribution is 5.33. The average Bonchev–Trinajstić information content (AvgIpc) is 2.76. The van der Waals surface area contributed by atoms with Crippen molar-refractivity contribution in [1.82, 2.24) is 10.5 Å². The zero-order chi connectivity index (χ0) is 11.9. The summed E-state index contributed by atoms with van der Waals surface area (Å²) in [6, 6.07) is 11.8. The molecule has 1 heterocycles. The van der Waals surface area contributed by atoms with Crippen molar-refractivity contribution in [2.75, 3.05) is 6.54 Å². The van der Waals surface area contributed by atoms with Crippen molar-refractivity contribution in [2.45, 2.75) is 13.5 Å². The van der Waals surface area contributed by atoms with Gasteiger partial charge in [-0.25, -0.2) is 0 Å². The van der Waals surface area contributed by atoms with Crippen molar-refractivity contribution >= 4 is 0 Å². The number of aryl methyl sites for hydroxylation is 1. The number of benzene rings is 1. The highest BCUT2D eigenvalue weighted by atomic mass is 16.5. The fourth-order valence-corrected chi connectivity index (χ4v) is 1.42. The molecule has 0 amide bonds. The van der Waals surface area contributed by atoms with Crippen LogP contribution in [0.1, 0.15) is 17.0 Å². The van der Waals surface area contributed by atoms with Crippen molar-refractivity contribution in [3.63, 3.8) is 0 Å². The van der Waals surface area contributed by atoms with E-state index in [9.17, 15) is 0 Å². The van der Waals surface area contributed by atoms with Gasteiger partial charge in [-0.1, -0.05) is 35.2 Å². The van der Waals surface area contributed by atoms with Crippen molar-refractivity contribution in [3.05, 3.63) is 53.4 Å². The van der Waals surface area contributed by atoms with Gasteiger partial charge in [-0.2, -0.15) is 0 Å². The predicted molar refractivity (Wildman–Crippen MR) is 66.3 cm³/mol. The second-order valence-electron chi connectivity index (χ2n) is 3.71. The van der Waals surface area contributed by atoms with Gasteiger partial charge in [0.15, 0.2) is 5.76 Å². The van der Waals surface area contributed by atoms with Gasteiger partial charge in [-0.05, 0) is 19.1 Å². The van der Waals surface area contributed by atoms with Gasteiger partial charge < -0.3 is 4.52 Å². The smallest absolute Gasteiger partial charge is 0.150 e. The van der Waals surface area contributed by atoms with E-state index in [1.807, 2.05) is 43.3 Å². The molecule has 0 aliphatic carbocycles. The summed E-state index contributed by atoms with van der Waals surface area (Å²) in [4.78, 5) is 0. The van der Waals surface area contributed by atoms with Crippen molar-refractivity contribution in [2.24, 2.45) is 0 Å². The maximum Gasteiger partial charge on any atom is 0.150 e. The third-order valence-corrected chi connectivity index (χ3v) is 2.20. The van der Waals surface area contributed by atoms with Crippen molar-refractivity contribution < 1.29 is 4.52 Å². The molecule has 0 saturated heterocycles. The summed E-state index contributed by atoms with van der Waals surface area (Å²) in [5.41, 5.74) is 1.93. The van der Waals surface area contributed by atoms with Crippen LogP contribution in [0.2, 0.25) is 0 Å². The van der Waals surface area contributed by atoms with Gasteiger partial charge in [0.2, 0.25) is 0 Å². The largest absolute Gasteiger partial charge is 0.360 e. The van der Waals surface area contributed by atoms with E-state index in [4.69, 9.17) is 4.52 Å². The number of hydrogen-bond donors (Lipinski definition) is 1. The summed E-state index contributed by atoms with van der Waals surface area (Å²) in [5, 5.41) is 6.99. The van der Waals surface area contributed by atoms with E-state index in [-0.39, 0.29) is 0 Å². The van der Waals surface area contributed by atoms with Crippen LogP contribution in [0.5, 0.6) is 0 Å². The molecule has 0 aliphatic heterocycles. The number of aromatic nitrogens is 1. The molecule has 1 aromatic carbocycles. The van der Waals surface area contributed by atoms with Gasteiger partial charge in [-0.3, -0.25) is 5.32 Å². The van der Waals surface area contributed by atoms with E-state index in [1.165, 1.54) is 0 Å². The highest BCUT2D eigenvalue weighted by Crippen LogP contribution is 2.00. The van der Waals surface area contributed by atoms with E-state index in [1.54, 1.807) is 0 Å². The zero-order valence-electron chi connectivity index (χ0n) is 9.73. The Hall–Kier alpha value is -2.05. The lowest BCUT2D eigenvalue weighted by Gasteiger charge is -1.94. The first-order chi connectivity index (χ1) is 8.34. The van der Waals surface area contributed by atoms with Gasteiger partial charge in [0.1, 0.15) is 0 Å². The summed E-state index contributed by atoms with van der Waals surface area (Å²) in [7, 11) is 0. The summed E-state index contributed by atoms with van der Waals surface area (Å²) >= 11 is 0.